The van der Waals surface area contributed by atoms with Gasteiger partial charge in [0.25, 0.3) is 0 Å². The third kappa shape index (κ3) is 8.63. The smallest absolute Gasteiger partial charge is 0.0568 e. The lowest BCUT2D eigenvalue weighted by Gasteiger charge is -2.29. The number of hydrogen-bond donors (Lipinski definition) is 0. The molecule has 364 valence electrons. The highest BCUT2D eigenvalue weighted by atomic mass is 15.2. The second-order valence-electron chi connectivity index (χ2n) is 24.4. The van der Waals surface area contributed by atoms with E-state index in [0.717, 1.165) is 50.8 Å². The first-order chi connectivity index (χ1) is 34.7. The van der Waals surface area contributed by atoms with Gasteiger partial charge in [0.15, 0.2) is 0 Å². The molecule has 0 atom stereocenters. The molecule has 0 aliphatic carbocycles. The van der Waals surface area contributed by atoms with Crippen molar-refractivity contribution in [1.82, 2.24) is 4.57 Å². The molecule has 1 heterocycles. The third-order valence-corrected chi connectivity index (χ3v) is 15.2. The van der Waals surface area contributed by atoms with Crippen LogP contribution in [0.2, 0.25) is 0 Å². The van der Waals surface area contributed by atoms with Gasteiger partial charge in [0.1, 0.15) is 0 Å². The van der Waals surface area contributed by atoms with Crippen molar-refractivity contribution < 1.29 is 0 Å². The van der Waals surface area contributed by atoms with Crippen LogP contribution in [0.3, 0.4) is 0 Å². The first-order valence-electron chi connectivity index (χ1n) is 26.2. The molecule has 1 aromatic heterocycles. The van der Waals surface area contributed by atoms with Gasteiger partial charge in [-0.15, -0.1) is 0 Å². The summed E-state index contributed by atoms with van der Waals surface area (Å²) in [7, 11) is 0. The molecule has 3 nitrogen and oxygen atoms in total. The van der Waals surface area contributed by atoms with E-state index >= 15 is 0 Å². The zero-order valence-electron chi connectivity index (χ0n) is 44.9. The molecular formula is C70H69N3. The molecule has 0 aliphatic rings. The Morgan fingerprint density at radius 1 is 0.288 bits per heavy atom. The molecule has 0 unspecified atom stereocenters. The zero-order chi connectivity index (χ0) is 51.2. The van der Waals surface area contributed by atoms with Crippen LogP contribution in [0.4, 0.5) is 34.1 Å². The van der Waals surface area contributed by atoms with Gasteiger partial charge in [-0.3, -0.25) is 0 Å². The van der Waals surface area contributed by atoms with Crippen molar-refractivity contribution in [3.05, 3.63) is 222 Å². The second kappa shape index (κ2) is 17.6. The monoisotopic (exact) mass is 952 g/mol. The highest BCUT2D eigenvalue weighted by molar-refractivity contribution is 6.32. The number of aromatic nitrogens is 1. The van der Waals surface area contributed by atoms with Gasteiger partial charge in [-0.1, -0.05) is 210 Å². The summed E-state index contributed by atoms with van der Waals surface area (Å²) in [5.74, 6) is 0. The van der Waals surface area contributed by atoms with E-state index in [-0.39, 0.29) is 21.7 Å². The Balaban J connectivity index is 1.27. The summed E-state index contributed by atoms with van der Waals surface area (Å²) in [6, 6.07) is 75.8. The fraction of sp³-hybridized carbons (Fsp3) is 0.229. The number of fused-ring (bicyclic) bond motifs is 8. The van der Waals surface area contributed by atoms with Gasteiger partial charge >= 0.3 is 0 Å². The van der Waals surface area contributed by atoms with Crippen LogP contribution >= 0.6 is 0 Å². The van der Waals surface area contributed by atoms with E-state index in [2.05, 4.69) is 298 Å². The summed E-state index contributed by atoms with van der Waals surface area (Å²) in [5, 5.41) is 9.73. The fourth-order valence-electron chi connectivity index (χ4n) is 11.0. The molecule has 0 bridgehead atoms. The van der Waals surface area contributed by atoms with E-state index in [4.69, 9.17) is 0 Å². The predicted molar refractivity (Wildman–Crippen MR) is 317 cm³/mol. The summed E-state index contributed by atoms with van der Waals surface area (Å²) in [6.45, 7) is 27.5. The fourth-order valence-corrected chi connectivity index (χ4v) is 11.0. The molecule has 0 amide bonds. The van der Waals surface area contributed by atoms with Crippen molar-refractivity contribution in [1.29, 1.82) is 0 Å². The maximum absolute atomic E-state index is 2.55. The van der Waals surface area contributed by atoms with Gasteiger partial charge in [0.2, 0.25) is 0 Å². The Hall–Kier alpha value is -7.62. The molecule has 0 saturated carbocycles. The second-order valence-corrected chi connectivity index (χ2v) is 24.4. The van der Waals surface area contributed by atoms with E-state index in [1.165, 1.54) is 65.3 Å². The minimum absolute atomic E-state index is 0.0209. The van der Waals surface area contributed by atoms with Crippen molar-refractivity contribution in [2.75, 3.05) is 9.80 Å². The zero-order valence-corrected chi connectivity index (χ0v) is 44.9. The standard InChI is InChI=1S/C70H69N3/c1-67(2,3)48-26-35-52(36-27-48)71(53-37-28-49(29-38-53)68(4,5)6)61-44-63-65(59-23-17-15-21-57(59)61)66-60-24-18-16-22-58(60)62(45-64(66)73(63)56-34-25-46-19-13-14-20-47(46)43-56)72(54-39-30-50(31-40-54)69(7,8)9)55-41-32-51(33-42-55)70(10,11)12/h13-45H,1-12H3. The van der Waals surface area contributed by atoms with Crippen molar-refractivity contribution in [2.24, 2.45) is 0 Å². The molecule has 0 aliphatic heterocycles. The number of rotatable bonds is 7. The predicted octanol–water partition coefficient (Wildman–Crippen LogP) is 20.4. The lowest BCUT2D eigenvalue weighted by molar-refractivity contribution is 0.590. The SMILES string of the molecule is CC(C)(C)c1ccc(N(c2ccc(C(C)(C)C)cc2)c2cc3c(c4ccccc24)c2c4ccccc4c(N(c4ccc(C(C)(C)C)cc4)c4ccc(C(C)(C)C)cc4)cc2n3-c2ccc3ccccc3c2)cc1. The number of anilines is 6. The summed E-state index contributed by atoms with van der Waals surface area (Å²) in [4.78, 5) is 4.97. The minimum atomic E-state index is 0.0209. The summed E-state index contributed by atoms with van der Waals surface area (Å²) in [6.07, 6.45) is 0. The normalized spacial score (nSPS) is 12.7. The van der Waals surface area contributed by atoms with Gasteiger partial charge < -0.3 is 14.4 Å². The van der Waals surface area contributed by atoms with Gasteiger partial charge in [0, 0.05) is 50.0 Å². The summed E-state index contributed by atoms with van der Waals surface area (Å²) in [5.41, 5.74) is 15.5. The number of hydrogen-bond acceptors (Lipinski definition) is 2. The molecule has 0 saturated heterocycles. The van der Waals surface area contributed by atoms with Crippen LogP contribution in [0.1, 0.15) is 105 Å². The molecule has 11 aromatic rings. The van der Waals surface area contributed by atoms with Crippen molar-refractivity contribution in [2.45, 2.75) is 105 Å². The van der Waals surface area contributed by atoms with Crippen molar-refractivity contribution >= 4 is 88.2 Å². The number of benzene rings is 10. The Kier molecular flexibility index (Phi) is 11.5. The Morgan fingerprint density at radius 3 is 0.918 bits per heavy atom. The van der Waals surface area contributed by atoms with Crippen LogP contribution in [0, 0.1) is 0 Å². The van der Waals surface area contributed by atoms with Crippen LogP contribution in [0.15, 0.2) is 200 Å². The van der Waals surface area contributed by atoms with Crippen molar-refractivity contribution in [3.8, 4) is 5.69 Å². The van der Waals surface area contributed by atoms with Crippen LogP contribution in [0.25, 0.3) is 59.8 Å². The lowest BCUT2D eigenvalue weighted by Crippen LogP contribution is -2.14. The highest BCUT2D eigenvalue weighted by Crippen LogP contribution is 2.50. The van der Waals surface area contributed by atoms with Crippen molar-refractivity contribution in [3.63, 3.8) is 0 Å². The minimum Gasteiger partial charge on any atom is -0.310 e. The molecular weight excluding hydrogens is 883 g/mol. The van der Waals surface area contributed by atoms with Gasteiger partial charge in [0.05, 0.1) is 22.4 Å². The van der Waals surface area contributed by atoms with Gasteiger partial charge in [-0.2, -0.15) is 0 Å². The quantitative estimate of drug-likeness (QED) is 0.158. The van der Waals surface area contributed by atoms with Crippen LogP contribution in [-0.4, -0.2) is 4.57 Å². The summed E-state index contributed by atoms with van der Waals surface area (Å²) < 4.78 is 2.55. The van der Waals surface area contributed by atoms with E-state index in [1.807, 2.05) is 0 Å². The summed E-state index contributed by atoms with van der Waals surface area (Å²) >= 11 is 0. The van der Waals surface area contributed by atoms with E-state index in [9.17, 15) is 0 Å². The maximum atomic E-state index is 2.55. The Bertz CT molecular complexity index is 3510. The first-order valence-corrected chi connectivity index (χ1v) is 26.2. The van der Waals surface area contributed by atoms with Gasteiger partial charge in [-0.05, 0) is 138 Å². The Labute approximate surface area is 433 Å². The third-order valence-electron chi connectivity index (χ3n) is 15.2. The largest absolute Gasteiger partial charge is 0.310 e. The van der Waals surface area contributed by atoms with E-state index < -0.39 is 0 Å². The van der Waals surface area contributed by atoms with E-state index in [0.29, 0.717) is 0 Å². The molecule has 11 rings (SSSR count). The average Bonchev–Trinajstić information content (AvgIpc) is 3.72. The molecule has 0 N–H and O–H groups in total. The highest BCUT2D eigenvalue weighted by Gasteiger charge is 2.28. The van der Waals surface area contributed by atoms with Gasteiger partial charge in [-0.25, -0.2) is 0 Å². The molecule has 0 fully saturated rings. The van der Waals surface area contributed by atoms with E-state index in [1.54, 1.807) is 0 Å². The molecule has 3 heteroatoms. The Morgan fingerprint density at radius 2 is 0.589 bits per heavy atom. The molecule has 0 spiro atoms. The topological polar surface area (TPSA) is 11.4 Å². The maximum Gasteiger partial charge on any atom is 0.0568 e. The van der Waals surface area contributed by atoms with Crippen LogP contribution in [0.5, 0.6) is 0 Å². The molecule has 73 heavy (non-hydrogen) atoms. The van der Waals surface area contributed by atoms with Crippen LogP contribution < -0.4 is 9.80 Å². The molecule has 10 aromatic carbocycles. The lowest BCUT2D eigenvalue weighted by atomic mass is 9.86. The average molecular weight is 952 g/mol. The molecule has 0 radical (unpaired) electrons. The van der Waals surface area contributed by atoms with Crippen LogP contribution in [-0.2, 0) is 21.7 Å². The first kappa shape index (κ1) is 47.7. The number of nitrogens with zero attached hydrogens (tertiary/aromatic N) is 3.